The quantitative estimate of drug-likeness (QED) is 0.910. The molecule has 0 spiro atoms. The number of rotatable bonds is 5. The number of carboxylic acids is 1. The third-order valence-electron chi connectivity index (χ3n) is 3.25. The van der Waals surface area contributed by atoms with Crippen LogP contribution < -0.4 is 10.3 Å². The van der Waals surface area contributed by atoms with E-state index in [0.717, 1.165) is 12.8 Å². The lowest BCUT2D eigenvalue weighted by molar-refractivity contribution is 0.0696. The lowest BCUT2D eigenvalue weighted by Crippen LogP contribution is -2.20. The van der Waals surface area contributed by atoms with Crippen molar-refractivity contribution in [3.63, 3.8) is 0 Å². The first-order valence-electron chi connectivity index (χ1n) is 6.53. The van der Waals surface area contributed by atoms with E-state index < -0.39 is 5.97 Å². The molecule has 0 aliphatic carbocycles. The minimum atomic E-state index is -1.02. The number of benzene rings is 1. The number of methoxy groups -OCH3 is 1. The van der Waals surface area contributed by atoms with Crippen LogP contribution in [0.15, 0.2) is 29.1 Å². The Hall–Kier alpha value is -2.30. The molecule has 5 heteroatoms. The SMILES string of the molecule is CCCCn1c(=O)ccc2cc(C(=O)O)cc(OC)c21. The van der Waals surface area contributed by atoms with Gasteiger partial charge in [-0.1, -0.05) is 13.3 Å². The normalized spacial score (nSPS) is 10.7. The van der Waals surface area contributed by atoms with Gasteiger partial charge < -0.3 is 14.4 Å². The molecule has 0 unspecified atom stereocenters. The maximum Gasteiger partial charge on any atom is 0.335 e. The molecule has 0 bridgehead atoms. The molecular formula is C15H17NO4. The van der Waals surface area contributed by atoms with Gasteiger partial charge in [0.2, 0.25) is 0 Å². The lowest BCUT2D eigenvalue weighted by atomic mass is 10.1. The van der Waals surface area contributed by atoms with E-state index in [1.54, 1.807) is 16.7 Å². The van der Waals surface area contributed by atoms with Crippen LogP contribution in [0, 0.1) is 0 Å². The highest BCUT2D eigenvalue weighted by Crippen LogP contribution is 2.26. The second-order valence-corrected chi connectivity index (χ2v) is 4.60. The molecule has 1 N–H and O–H groups in total. The first-order chi connectivity index (χ1) is 9.58. The van der Waals surface area contributed by atoms with Crippen LogP contribution in [0.1, 0.15) is 30.1 Å². The summed E-state index contributed by atoms with van der Waals surface area (Å²) in [5.74, 6) is -0.606. The summed E-state index contributed by atoms with van der Waals surface area (Å²) in [6, 6.07) is 6.10. The molecule has 0 aliphatic rings. The maximum atomic E-state index is 12.0. The number of carbonyl (C=O) groups is 1. The second kappa shape index (κ2) is 5.77. The van der Waals surface area contributed by atoms with Gasteiger partial charge in [0, 0.05) is 18.0 Å². The minimum Gasteiger partial charge on any atom is -0.495 e. The molecule has 5 nitrogen and oxygen atoms in total. The first-order valence-corrected chi connectivity index (χ1v) is 6.53. The van der Waals surface area contributed by atoms with Gasteiger partial charge in [0.1, 0.15) is 5.75 Å². The van der Waals surface area contributed by atoms with E-state index in [4.69, 9.17) is 9.84 Å². The van der Waals surface area contributed by atoms with E-state index in [2.05, 4.69) is 6.92 Å². The third-order valence-corrected chi connectivity index (χ3v) is 3.25. The van der Waals surface area contributed by atoms with Crippen molar-refractivity contribution in [1.29, 1.82) is 0 Å². The van der Waals surface area contributed by atoms with Gasteiger partial charge in [0.25, 0.3) is 5.56 Å². The molecule has 0 saturated heterocycles. The molecule has 0 atom stereocenters. The van der Waals surface area contributed by atoms with Crippen LogP contribution in [-0.2, 0) is 6.54 Å². The van der Waals surface area contributed by atoms with E-state index in [1.807, 2.05) is 0 Å². The van der Waals surface area contributed by atoms with Crippen LogP contribution in [0.5, 0.6) is 5.75 Å². The number of fused-ring (bicyclic) bond motifs is 1. The minimum absolute atomic E-state index is 0.104. The highest BCUT2D eigenvalue weighted by molar-refractivity contribution is 5.96. The van der Waals surface area contributed by atoms with E-state index in [1.165, 1.54) is 19.2 Å². The van der Waals surface area contributed by atoms with Gasteiger partial charge in [-0.05, 0) is 24.6 Å². The molecule has 20 heavy (non-hydrogen) atoms. The van der Waals surface area contributed by atoms with Crippen molar-refractivity contribution in [2.75, 3.05) is 7.11 Å². The Labute approximate surface area is 116 Å². The fourth-order valence-corrected chi connectivity index (χ4v) is 2.22. The van der Waals surface area contributed by atoms with Crippen LogP contribution in [0.4, 0.5) is 0 Å². The topological polar surface area (TPSA) is 68.5 Å². The van der Waals surface area contributed by atoms with Crippen LogP contribution in [-0.4, -0.2) is 22.8 Å². The van der Waals surface area contributed by atoms with Crippen LogP contribution in [0.3, 0.4) is 0 Å². The Balaban J connectivity index is 2.75. The predicted octanol–water partition coefficient (Wildman–Crippen LogP) is 2.51. The monoisotopic (exact) mass is 275 g/mol. The molecule has 1 heterocycles. The summed E-state index contributed by atoms with van der Waals surface area (Å²) in [4.78, 5) is 23.1. The van der Waals surface area contributed by atoms with Crippen molar-refractivity contribution in [2.24, 2.45) is 0 Å². The largest absolute Gasteiger partial charge is 0.495 e. The smallest absolute Gasteiger partial charge is 0.335 e. The Morgan fingerprint density at radius 3 is 2.70 bits per heavy atom. The zero-order valence-corrected chi connectivity index (χ0v) is 11.5. The van der Waals surface area contributed by atoms with Gasteiger partial charge in [0.05, 0.1) is 18.2 Å². The average Bonchev–Trinajstić information content (AvgIpc) is 2.45. The number of hydrogen-bond acceptors (Lipinski definition) is 3. The average molecular weight is 275 g/mol. The zero-order chi connectivity index (χ0) is 14.7. The number of aromatic carboxylic acids is 1. The number of nitrogens with zero attached hydrogens (tertiary/aromatic N) is 1. The zero-order valence-electron chi connectivity index (χ0n) is 11.5. The van der Waals surface area contributed by atoms with Gasteiger partial charge >= 0.3 is 5.97 Å². The predicted molar refractivity (Wildman–Crippen MR) is 76.6 cm³/mol. The van der Waals surface area contributed by atoms with E-state index >= 15 is 0 Å². The summed E-state index contributed by atoms with van der Waals surface area (Å²) in [5.41, 5.74) is 0.695. The van der Waals surface area contributed by atoms with Gasteiger partial charge in [-0.2, -0.15) is 0 Å². The van der Waals surface area contributed by atoms with E-state index in [-0.39, 0.29) is 11.1 Å². The number of carboxylic acid groups (broad SMARTS) is 1. The number of ether oxygens (including phenoxy) is 1. The van der Waals surface area contributed by atoms with Gasteiger partial charge in [0.15, 0.2) is 0 Å². The van der Waals surface area contributed by atoms with Crippen molar-refractivity contribution in [2.45, 2.75) is 26.3 Å². The third kappa shape index (κ3) is 2.52. The molecule has 0 amide bonds. The summed E-state index contributed by atoms with van der Waals surface area (Å²) in [6.45, 7) is 2.64. The van der Waals surface area contributed by atoms with Crippen LogP contribution in [0.25, 0.3) is 10.9 Å². The fourth-order valence-electron chi connectivity index (χ4n) is 2.22. The van der Waals surface area contributed by atoms with Crippen molar-refractivity contribution in [1.82, 2.24) is 4.57 Å². The molecule has 1 aromatic heterocycles. The van der Waals surface area contributed by atoms with Crippen molar-refractivity contribution in [3.8, 4) is 5.75 Å². The number of pyridine rings is 1. The standard InChI is InChI=1S/C15H17NO4/c1-3-4-7-16-13(17)6-5-10-8-11(15(18)19)9-12(20-2)14(10)16/h5-6,8-9H,3-4,7H2,1-2H3,(H,18,19). The fraction of sp³-hybridized carbons (Fsp3) is 0.333. The molecule has 0 saturated carbocycles. The molecule has 2 aromatic rings. The molecule has 0 radical (unpaired) electrons. The summed E-state index contributed by atoms with van der Waals surface area (Å²) in [6.07, 6.45) is 1.85. The van der Waals surface area contributed by atoms with Gasteiger partial charge in [-0.3, -0.25) is 4.79 Å². The van der Waals surface area contributed by atoms with Crippen molar-refractivity contribution >= 4 is 16.9 Å². The summed E-state index contributed by atoms with van der Waals surface area (Å²) in [5, 5.41) is 9.80. The van der Waals surface area contributed by atoms with Crippen LogP contribution in [0.2, 0.25) is 0 Å². The number of unbranched alkanes of at least 4 members (excludes halogenated alkanes) is 1. The Morgan fingerprint density at radius 2 is 2.10 bits per heavy atom. The molecule has 106 valence electrons. The Bertz CT molecular complexity index is 703. The van der Waals surface area contributed by atoms with Crippen molar-refractivity contribution < 1.29 is 14.6 Å². The van der Waals surface area contributed by atoms with Gasteiger partial charge in [-0.15, -0.1) is 0 Å². The first kappa shape index (κ1) is 14.1. The number of aromatic nitrogens is 1. The molecule has 0 fully saturated rings. The molecule has 2 rings (SSSR count). The number of aryl methyl sites for hydroxylation is 1. The van der Waals surface area contributed by atoms with Crippen LogP contribution >= 0.6 is 0 Å². The second-order valence-electron chi connectivity index (χ2n) is 4.60. The molecule has 1 aromatic carbocycles. The molecular weight excluding hydrogens is 258 g/mol. The lowest BCUT2D eigenvalue weighted by Gasteiger charge is -2.13. The van der Waals surface area contributed by atoms with Crippen molar-refractivity contribution in [3.05, 3.63) is 40.2 Å². The maximum absolute atomic E-state index is 12.0. The highest BCUT2D eigenvalue weighted by Gasteiger charge is 2.13. The van der Waals surface area contributed by atoms with E-state index in [9.17, 15) is 9.59 Å². The summed E-state index contributed by atoms with van der Waals surface area (Å²) in [7, 11) is 1.47. The summed E-state index contributed by atoms with van der Waals surface area (Å²) >= 11 is 0. The Kier molecular flexibility index (Phi) is 4.08. The number of hydrogen-bond donors (Lipinski definition) is 1. The van der Waals surface area contributed by atoms with E-state index in [0.29, 0.717) is 23.2 Å². The molecule has 0 aliphatic heterocycles. The Morgan fingerprint density at radius 1 is 1.35 bits per heavy atom. The summed E-state index contributed by atoms with van der Waals surface area (Å²) < 4.78 is 6.91. The highest BCUT2D eigenvalue weighted by atomic mass is 16.5. The van der Waals surface area contributed by atoms with Gasteiger partial charge in [-0.25, -0.2) is 4.79 Å².